The van der Waals surface area contributed by atoms with E-state index in [1.54, 1.807) is 26.0 Å². The van der Waals surface area contributed by atoms with Crippen LogP contribution in [0.1, 0.15) is 12.5 Å². The van der Waals surface area contributed by atoms with Crippen LogP contribution in [-0.4, -0.2) is 26.5 Å². The van der Waals surface area contributed by atoms with Gasteiger partial charge in [-0.3, -0.25) is 0 Å². The maximum absolute atomic E-state index is 5.82. The first-order valence-corrected chi connectivity index (χ1v) is 6.40. The van der Waals surface area contributed by atoms with Gasteiger partial charge in [0.15, 0.2) is 0 Å². The molecular weight excluding hydrogens is 222 g/mol. The van der Waals surface area contributed by atoms with Gasteiger partial charge >= 0.3 is 0 Å². The van der Waals surface area contributed by atoms with Crippen LogP contribution in [0.4, 0.5) is 0 Å². The first-order chi connectivity index (χ1) is 7.63. The van der Waals surface area contributed by atoms with Crippen molar-refractivity contribution in [2.75, 3.05) is 20.5 Å². The molecule has 0 radical (unpaired) electrons. The van der Waals surface area contributed by atoms with E-state index in [9.17, 15) is 0 Å². The molecule has 0 saturated heterocycles. The van der Waals surface area contributed by atoms with Crippen molar-refractivity contribution in [1.29, 1.82) is 0 Å². The maximum Gasteiger partial charge on any atom is 0.139 e. The number of hydrogen-bond acceptors (Lipinski definition) is 4. The van der Waals surface area contributed by atoms with Crippen molar-refractivity contribution in [3.63, 3.8) is 0 Å². The van der Waals surface area contributed by atoms with Gasteiger partial charge in [0.05, 0.1) is 19.1 Å². The fourth-order valence-corrected chi connectivity index (χ4v) is 2.42. The minimum Gasteiger partial charge on any atom is -0.495 e. The molecule has 0 unspecified atom stereocenters. The van der Waals surface area contributed by atoms with Crippen LogP contribution in [0.2, 0.25) is 0 Å². The smallest absolute Gasteiger partial charge is 0.139 e. The molecule has 0 spiro atoms. The minimum absolute atomic E-state index is 0.122. The maximum atomic E-state index is 5.82. The van der Waals surface area contributed by atoms with Gasteiger partial charge in [0.2, 0.25) is 0 Å². The van der Waals surface area contributed by atoms with Crippen LogP contribution in [0, 0.1) is 0 Å². The monoisotopic (exact) mass is 241 g/mol. The number of benzene rings is 1. The predicted molar refractivity (Wildman–Crippen MR) is 68.7 cm³/mol. The second kappa shape index (κ2) is 6.01. The van der Waals surface area contributed by atoms with Gasteiger partial charge in [-0.15, -0.1) is 11.8 Å². The molecule has 1 rings (SSSR count). The Morgan fingerprint density at radius 1 is 1.31 bits per heavy atom. The number of methoxy groups -OCH3 is 2. The standard InChI is InChI=1S/C12H19NO2S/c1-8(13)7-9-5-6-10(14-2)12(16-4)11(9)15-3/h5-6,8H,7,13H2,1-4H3/t8-/m1/s1. The van der Waals surface area contributed by atoms with Gasteiger partial charge in [0.25, 0.3) is 0 Å². The summed E-state index contributed by atoms with van der Waals surface area (Å²) in [5, 5.41) is 0. The van der Waals surface area contributed by atoms with Crippen LogP contribution < -0.4 is 15.2 Å². The summed E-state index contributed by atoms with van der Waals surface area (Å²) in [6, 6.07) is 4.10. The van der Waals surface area contributed by atoms with E-state index >= 15 is 0 Å². The molecule has 1 aromatic carbocycles. The molecule has 0 aliphatic heterocycles. The summed E-state index contributed by atoms with van der Waals surface area (Å²) in [6.07, 6.45) is 2.82. The van der Waals surface area contributed by atoms with Gasteiger partial charge in [-0.05, 0) is 31.2 Å². The Bertz CT molecular complexity index is 353. The van der Waals surface area contributed by atoms with Crippen LogP contribution in [0.15, 0.2) is 17.0 Å². The third-order valence-electron chi connectivity index (χ3n) is 2.33. The Hall–Kier alpha value is -0.870. The van der Waals surface area contributed by atoms with E-state index in [0.29, 0.717) is 0 Å². The summed E-state index contributed by atoms with van der Waals surface area (Å²) in [6.45, 7) is 1.99. The van der Waals surface area contributed by atoms with E-state index in [1.807, 2.05) is 25.3 Å². The molecule has 4 heteroatoms. The lowest BCUT2D eigenvalue weighted by Gasteiger charge is -2.16. The molecule has 0 aliphatic rings. The van der Waals surface area contributed by atoms with Gasteiger partial charge < -0.3 is 15.2 Å². The zero-order chi connectivity index (χ0) is 12.1. The average molecular weight is 241 g/mol. The number of rotatable bonds is 5. The van der Waals surface area contributed by atoms with Gasteiger partial charge in [0, 0.05) is 6.04 Å². The summed E-state index contributed by atoms with van der Waals surface area (Å²) in [4.78, 5) is 1.03. The Kier molecular flexibility index (Phi) is 4.96. The molecule has 0 aliphatic carbocycles. The van der Waals surface area contributed by atoms with Gasteiger partial charge in [-0.25, -0.2) is 0 Å². The van der Waals surface area contributed by atoms with Crippen LogP contribution in [0.25, 0.3) is 0 Å². The largest absolute Gasteiger partial charge is 0.495 e. The molecular formula is C12H19NO2S. The average Bonchev–Trinajstić information content (AvgIpc) is 2.27. The summed E-state index contributed by atoms with van der Waals surface area (Å²) >= 11 is 1.62. The third-order valence-corrected chi connectivity index (χ3v) is 3.12. The molecule has 0 aromatic heterocycles. The first kappa shape index (κ1) is 13.2. The van der Waals surface area contributed by atoms with Crippen molar-refractivity contribution in [3.05, 3.63) is 17.7 Å². The lowest BCUT2D eigenvalue weighted by Crippen LogP contribution is -2.18. The van der Waals surface area contributed by atoms with E-state index < -0.39 is 0 Å². The highest BCUT2D eigenvalue weighted by Gasteiger charge is 2.14. The fourth-order valence-electron chi connectivity index (χ4n) is 1.67. The highest BCUT2D eigenvalue weighted by molar-refractivity contribution is 7.98. The number of thioether (sulfide) groups is 1. The molecule has 0 heterocycles. The topological polar surface area (TPSA) is 44.5 Å². The van der Waals surface area contributed by atoms with Crippen molar-refractivity contribution in [2.24, 2.45) is 5.73 Å². The summed E-state index contributed by atoms with van der Waals surface area (Å²) in [7, 11) is 3.35. The van der Waals surface area contributed by atoms with Crippen LogP contribution in [0.3, 0.4) is 0 Å². The van der Waals surface area contributed by atoms with E-state index in [0.717, 1.165) is 28.4 Å². The molecule has 0 saturated carbocycles. The van der Waals surface area contributed by atoms with Gasteiger partial charge in [-0.2, -0.15) is 0 Å². The van der Waals surface area contributed by atoms with Crippen LogP contribution in [-0.2, 0) is 6.42 Å². The first-order valence-electron chi connectivity index (χ1n) is 5.17. The van der Waals surface area contributed by atoms with Gasteiger partial charge in [-0.1, -0.05) is 6.07 Å². The number of ether oxygens (including phenoxy) is 2. The molecule has 2 N–H and O–H groups in total. The highest BCUT2D eigenvalue weighted by atomic mass is 32.2. The molecule has 1 aromatic rings. The Morgan fingerprint density at radius 3 is 2.44 bits per heavy atom. The Labute approximate surface area is 101 Å². The molecule has 3 nitrogen and oxygen atoms in total. The Balaban J connectivity index is 3.20. The van der Waals surface area contributed by atoms with Crippen LogP contribution >= 0.6 is 11.8 Å². The Morgan fingerprint density at radius 2 is 2.00 bits per heavy atom. The highest BCUT2D eigenvalue weighted by Crippen LogP contribution is 2.39. The fraction of sp³-hybridized carbons (Fsp3) is 0.500. The van der Waals surface area contributed by atoms with Crippen molar-refractivity contribution < 1.29 is 9.47 Å². The molecule has 0 amide bonds. The van der Waals surface area contributed by atoms with Crippen molar-refractivity contribution in [3.8, 4) is 11.5 Å². The lowest BCUT2D eigenvalue weighted by molar-refractivity contribution is 0.372. The van der Waals surface area contributed by atoms with Crippen molar-refractivity contribution in [1.82, 2.24) is 0 Å². The summed E-state index contributed by atoms with van der Waals surface area (Å²) in [5.74, 6) is 1.72. The lowest BCUT2D eigenvalue weighted by atomic mass is 10.1. The molecule has 90 valence electrons. The number of nitrogens with two attached hydrogens (primary N) is 1. The summed E-state index contributed by atoms with van der Waals surface area (Å²) < 4.78 is 10.8. The third kappa shape index (κ3) is 2.83. The molecule has 0 fully saturated rings. The quantitative estimate of drug-likeness (QED) is 0.804. The minimum atomic E-state index is 0.122. The zero-order valence-corrected chi connectivity index (χ0v) is 11.1. The van der Waals surface area contributed by atoms with Crippen LogP contribution in [0.5, 0.6) is 11.5 Å². The second-order valence-corrected chi connectivity index (χ2v) is 4.49. The molecule has 1 atom stereocenters. The second-order valence-electron chi connectivity index (χ2n) is 3.67. The van der Waals surface area contributed by atoms with E-state index in [2.05, 4.69) is 0 Å². The van der Waals surface area contributed by atoms with Crippen molar-refractivity contribution >= 4 is 11.8 Å². The van der Waals surface area contributed by atoms with E-state index in [4.69, 9.17) is 15.2 Å². The summed E-state index contributed by atoms with van der Waals surface area (Å²) in [5.41, 5.74) is 6.94. The zero-order valence-electron chi connectivity index (χ0n) is 10.2. The van der Waals surface area contributed by atoms with Crippen molar-refractivity contribution in [2.45, 2.75) is 24.3 Å². The van der Waals surface area contributed by atoms with E-state index in [-0.39, 0.29) is 6.04 Å². The predicted octanol–water partition coefficient (Wildman–Crippen LogP) is 2.32. The number of hydrogen-bond donors (Lipinski definition) is 1. The molecule has 0 bridgehead atoms. The van der Waals surface area contributed by atoms with E-state index in [1.165, 1.54) is 0 Å². The normalized spacial score (nSPS) is 12.3. The molecule has 16 heavy (non-hydrogen) atoms. The van der Waals surface area contributed by atoms with Gasteiger partial charge in [0.1, 0.15) is 11.5 Å². The SMILES string of the molecule is COc1ccc(C[C@@H](C)N)c(OC)c1SC.